The first kappa shape index (κ1) is 19.0. The summed E-state index contributed by atoms with van der Waals surface area (Å²) in [5.41, 5.74) is -1.04. The first-order chi connectivity index (χ1) is 11.7. The normalized spacial score (nSPS) is 11.5. The molecule has 0 atom stereocenters. The van der Waals surface area contributed by atoms with Gasteiger partial charge < -0.3 is 10.6 Å². The van der Waals surface area contributed by atoms with Crippen molar-refractivity contribution in [1.29, 1.82) is 0 Å². The van der Waals surface area contributed by atoms with Gasteiger partial charge in [0, 0.05) is 12.7 Å². The van der Waals surface area contributed by atoms with E-state index < -0.39 is 17.6 Å². The van der Waals surface area contributed by atoms with Crippen LogP contribution >= 0.6 is 11.6 Å². The van der Waals surface area contributed by atoms with Crippen molar-refractivity contribution < 1.29 is 18.0 Å². The lowest BCUT2D eigenvalue weighted by Gasteiger charge is -2.12. The van der Waals surface area contributed by atoms with Gasteiger partial charge in [-0.05, 0) is 30.2 Å². The molecule has 0 bridgehead atoms. The molecule has 25 heavy (non-hydrogen) atoms. The van der Waals surface area contributed by atoms with Crippen molar-refractivity contribution in [2.45, 2.75) is 20.0 Å². The zero-order valence-corrected chi connectivity index (χ0v) is 14.2. The van der Waals surface area contributed by atoms with Crippen LogP contribution in [0.25, 0.3) is 0 Å². The number of amides is 1. The van der Waals surface area contributed by atoms with Crippen LogP contribution in [0.5, 0.6) is 0 Å². The molecule has 134 valence electrons. The van der Waals surface area contributed by atoms with E-state index in [1.807, 2.05) is 13.8 Å². The molecule has 0 aliphatic rings. The molecule has 2 rings (SSSR count). The maximum Gasteiger partial charge on any atom is 0.416 e. The summed E-state index contributed by atoms with van der Waals surface area (Å²) in [6.45, 7) is 4.61. The van der Waals surface area contributed by atoms with E-state index in [0.717, 1.165) is 18.2 Å². The summed E-state index contributed by atoms with van der Waals surface area (Å²) in [5, 5.41) is 5.30. The molecule has 0 fully saturated rings. The molecule has 1 amide bonds. The van der Waals surface area contributed by atoms with Crippen molar-refractivity contribution >= 4 is 29.1 Å². The number of halogens is 4. The van der Waals surface area contributed by atoms with Gasteiger partial charge in [-0.25, -0.2) is 9.97 Å². The number of rotatable bonds is 5. The monoisotopic (exact) mass is 372 g/mol. The summed E-state index contributed by atoms with van der Waals surface area (Å²) in [6.07, 6.45) is -3.15. The number of anilines is 2. The largest absolute Gasteiger partial charge is 0.416 e. The molecular formula is C16H16ClF3N4O. The van der Waals surface area contributed by atoms with E-state index in [1.54, 1.807) is 0 Å². The average molecular weight is 373 g/mol. The number of hydrogen-bond acceptors (Lipinski definition) is 4. The van der Waals surface area contributed by atoms with E-state index in [4.69, 9.17) is 11.6 Å². The Morgan fingerprint density at radius 2 is 2.00 bits per heavy atom. The first-order valence-electron chi connectivity index (χ1n) is 7.42. The Morgan fingerprint density at radius 3 is 2.64 bits per heavy atom. The van der Waals surface area contributed by atoms with Crippen LogP contribution in [0.15, 0.2) is 30.5 Å². The Bertz CT molecular complexity index is 765. The SMILES string of the molecule is CC(C)CNc1nccc(C(=O)Nc2cc(C(F)(F)F)ccc2Cl)n1. The number of nitrogens with zero attached hydrogens (tertiary/aromatic N) is 2. The second-order valence-electron chi connectivity index (χ2n) is 5.69. The summed E-state index contributed by atoms with van der Waals surface area (Å²) in [4.78, 5) is 20.3. The van der Waals surface area contributed by atoms with Crippen molar-refractivity contribution in [2.75, 3.05) is 17.2 Å². The van der Waals surface area contributed by atoms with Gasteiger partial charge in [0.25, 0.3) is 5.91 Å². The van der Waals surface area contributed by atoms with E-state index in [9.17, 15) is 18.0 Å². The van der Waals surface area contributed by atoms with Crippen LogP contribution in [0, 0.1) is 5.92 Å². The van der Waals surface area contributed by atoms with E-state index in [0.29, 0.717) is 12.5 Å². The molecule has 2 N–H and O–H groups in total. The van der Waals surface area contributed by atoms with Gasteiger partial charge in [0.2, 0.25) is 5.95 Å². The molecule has 2 aromatic rings. The number of aromatic nitrogens is 2. The lowest BCUT2D eigenvalue weighted by atomic mass is 10.2. The van der Waals surface area contributed by atoms with Crippen molar-refractivity contribution in [3.63, 3.8) is 0 Å². The molecular weight excluding hydrogens is 357 g/mol. The second kappa shape index (κ2) is 7.69. The fourth-order valence-corrected chi connectivity index (χ4v) is 2.01. The third-order valence-corrected chi connectivity index (χ3v) is 3.43. The number of benzene rings is 1. The van der Waals surface area contributed by atoms with Gasteiger partial charge in [-0.15, -0.1) is 0 Å². The van der Waals surface area contributed by atoms with Crippen molar-refractivity contribution in [3.8, 4) is 0 Å². The Balaban J connectivity index is 2.18. The van der Waals surface area contributed by atoms with Crippen LogP contribution in [0.3, 0.4) is 0 Å². The van der Waals surface area contributed by atoms with E-state index in [2.05, 4.69) is 20.6 Å². The lowest BCUT2D eigenvalue weighted by molar-refractivity contribution is -0.137. The molecule has 5 nitrogen and oxygen atoms in total. The zero-order chi connectivity index (χ0) is 18.6. The van der Waals surface area contributed by atoms with Crippen LogP contribution in [0.2, 0.25) is 5.02 Å². The number of carbonyl (C=O) groups excluding carboxylic acids is 1. The predicted octanol–water partition coefficient (Wildman–Crippen LogP) is 4.47. The van der Waals surface area contributed by atoms with Crippen molar-refractivity contribution in [3.05, 3.63) is 46.7 Å². The number of nitrogens with one attached hydrogen (secondary N) is 2. The minimum absolute atomic E-state index is 0.00596. The Morgan fingerprint density at radius 1 is 1.28 bits per heavy atom. The highest BCUT2D eigenvalue weighted by atomic mass is 35.5. The summed E-state index contributed by atoms with van der Waals surface area (Å²) in [6, 6.07) is 4.06. The molecule has 9 heteroatoms. The maximum atomic E-state index is 12.8. The average Bonchev–Trinajstić information content (AvgIpc) is 2.54. The quantitative estimate of drug-likeness (QED) is 0.812. The number of alkyl halides is 3. The van der Waals surface area contributed by atoms with Gasteiger partial charge in [-0.2, -0.15) is 13.2 Å². The second-order valence-corrected chi connectivity index (χ2v) is 6.09. The van der Waals surface area contributed by atoms with Gasteiger partial charge in [0.15, 0.2) is 0 Å². The van der Waals surface area contributed by atoms with Gasteiger partial charge in [-0.1, -0.05) is 25.4 Å². The van der Waals surface area contributed by atoms with Crippen molar-refractivity contribution in [2.24, 2.45) is 5.92 Å². The fourth-order valence-electron chi connectivity index (χ4n) is 1.85. The fraction of sp³-hybridized carbons (Fsp3) is 0.312. The van der Waals surface area contributed by atoms with E-state index in [-0.39, 0.29) is 22.4 Å². The van der Waals surface area contributed by atoms with Gasteiger partial charge in [0.1, 0.15) is 5.69 Å². The number of carbonyl (C=O) groups is 1. The van der Waals surface area contributed by atoms with Crippen LogP contribution in [-0.4, -0.2) is 22.4 Å². The summed E-state index contributed by atoms with van der Waals surface area (Å²) < 4.78 is 38.3. The topological polar surface area (TPSA) is 66.9 Å². The Kier molecular flexibility index (Phi) is 5.84. The van der Waals surface area contributed by atoms with E-state index >= 15 is 0 Å². The zero-order valence-electron chi connectivity index (χ0n) is 13.5. The molecule has 0 unspecified atom stereocenters. The maximum absolute atomic E-state index is 12.8. The standard InChI is InChI=1S/C16H16ClF3N4O/c1-9(2)8-22-15-21-6-5-12(24-15)14(25)23-13-7-10(16(18,19)20)3-4-11(13)17/h3-7,9H,8H2,1-2H3,(H,23,25)(H,21,22,24). The Hall–Kier alpha value is -2.35. The lowest BCUT2D eigenvalue weighted by Crippen LogP contribution is -2.17. The first-order valence-corrected chi connectivity index (χ1v) is 7.79. The molecule has 0 saturated heterocycles. The molecule has 0 saturated carbocycles. The summed E-state index contributed by atoms with van der Waals surface area (Å²) >= 11 is 5.87. The molecule has 1 aromatic heterocycles. The minimum Gasteiger partial charge on any atom is -0.354 e. The van der Waals surface area contributed by atoms with Gasteiger partial charge in [0.05, 0.1) is 16.3 Å². The van der Waals surface area contributed by atoms with Crippen LogP contribution in [0.1, 0.15) is 29.9 Å². The van der Waals surface area contributed by atoms with Gasteiger partial charge in [-0.3, -0.25) is 4.79 Å². The molecule has 0 aliphatic heterocycles. The third-order valence-electron chi connectivity index (χ3n) is 3.10. The van der Waals surface area contributed by atoms with Crippen molar-refractivity contribution in [1.82, 2.24) is 9.97 Å². The highest BCUT2D eigenvalue weighted by molar-refractivity contribution is 6.33. The molecule has 0 radical (unpaired) electrons. The van der Waals surface area contributed by atoms with Crippen LogP contribution in [-0.2, 0) is 6.18 Å². The predicted molar refractivity (Wildman–Crippen MR) is 89.8 cm³/mol. The molecule has 1 aromatic carbocycles. The number of hydrogen-bond donors (Lipinski definition) is 2. The Labute approximate surface area is 147 Å². The molecule has 0 aliphatic carbocycles. The highest BCUT2D eigenvalue weighted by Gasteiger charge is 2.31. The molecule has 0 spiro atoms. The van der Waals surface area contributed by atoms with Gasteiger partial charge >= 0.3 is 6.18 Å². The highest BCUT2D eigenvalue weighted by Crippen LogP contribution is 2.33. The minimum atomic E-state index is -4.53. The van der Waals surface area contributed by atoms with Crippen LogP contribution in [0.4, 0.5) is 24.8 Å². The van der Waals surface area contributed by atoms with Crippen LogP contribution < -0.4 is 10.6 Å². The summed E-state index contributed by atoms with van der Waals surface area (Å²) in [5.74, 6) is -0.0716. The third kappa shape index (κ3) is 5.32. The molecule has 1 heterocycles. The summed E-state index contributed by atoms with van der Waals surface area (Å²) in [7, 11) is 0. The van der Waals surface area contributed by atoms with E-state index in [1.165, 1.54) is 12.3 Å². The smallest absolute Gasteiger partial charge is 0.354 e.